The molecule has 0 saturated carbocycles. The number of benzene rings is 2. The minimum Gasteiger partial charge on any atom is -0.444 e. The first-order valence-corrected chi connectivity index (χ1v) is 18.0. The highest BCUT2D eigenvalue weighted by molar-refractivity contribution is 9.10. The number of amides is 2. The van der Waals surface area contributed by atoms with E-state index in [1.54, 1.807) is 23.1 Å². The van der Waals surface area contributed by atoms with Crippen LogP contribution in [0.4, 0.5) is 18.4 Å². The number of rotatable bonds is 7. The van der Waals surface area contributed by atoms with Gasteiger partial charge in [-0.05, 0) is 127 Å². The van der Waals surface area contributed by atoms with Crippen LogP contribution in [0.1, 0.15) is 124 Å². The minimum atomic E-state index is -0.831. The number of carbonyl (C=O) groups is 3. The third-order valence-corrected chi connectivity index (χ3v) is 8.62. The van der Waals surface area contributed by atoms with E-state index in [1.165, 1.54) is 23.1 Å². The number of hydrogen-bond acceptors (Lipinski definition) is 6. The van der Waals surface area contributed by atoms with E-state index in [-0.39, 0.29) is 37.2 Å². The molecule has 282 valence electrons. The molecule has 4 rings (SSSR count). The minimum absolute atomic E-state index is 0. The summed E-state index contributed by atoms with van der Waals surface area (Å²) < 4.78 is 37.8. The first kappa shape index (κ1) is 45.0. The van der Waals surface area contributed by atoms with E-state index in [4.69, 9.17) is 9.47 Å². The number of aldehydes is 1. The highest BCUT2D eigenvalue weighted by atomic mass is 79.9. The number of carbonyl (C=O) groups excluding carboxylic acids is 3. The van der Waals surface area contributed by atoms with Crippen molar-refractivity contribution >= 4 is 34.4 Å². The predicted molar refractivity (Wildman–Crippen MR) is 198 cm³/mol. The Labute approximate surface area is 307 Å². The first-order chi connectivity index (χ1) is 22.9. The SMILES string of the molecule is C.CC(C)(C)OC(=O)N1CCC[C@H]1C=O.CCCc1cc(F)ccc1Br.CCCc1cc(F)ccc1C(O)[C@@H]1CCCN1C(=O)OC(C)(C)C. The van der Waals surface area contributed by atoms with Gasteiger partial charge in [-0.3, -0.25) is 4.90 Å². The fraction of sp³-hybridized carbons (Fsp3) is 0.615. The van der Waals surface area contributed by atoms with Crippen LogP contribution in [-0.4, -0.2) is 69.8 Å². The highest BCUT2D eigenvalue weighted by Gasteiger charge is 2.37. The molecule has 8 nitrogen and oxygen atoms in total. The highest BCUT2D eigenvalue weighted by Crippen LogP contribution is 2.33. The summed E-state index contributed by atoms with van der Waals surface area (Å²) in [5.41, 5.74) is 1.50. The van der Waals surface area contributed by atoms with Crippen LogP contribution in [-0.2, 0) is 27.1 Å². The Balaban J connectivity index is 0.000000408. The molecule has 1 unspecified atom stereocenters. The van der Waals surface area contributed by atoms with Gasteiger partial charge in [0, 0.05) is 17.6 Å². The van der Waals surface area contributed by atoms with E-state index >= 15 is 0 Å². The van der Waals surface area contributed by atoms with E-state index in [2.05, 4.69) is 22.9 Å². The standard InChI is InChI=1S/C19H28FNO3.C10H17NO3.C9H10BrF.CH4/c1-5-7-13-12-14(20)9-10-15(13)17(22)16-8-6-11-21(16)18(23)24-19(2,3)4;1-10(2,3)14-9(13)11-6-4-5-8(11)7-12;1-2-3-7-6-8(11)4-5-9(7)10;/h9-10,12,16-17,22H,5-8,11H2,1-4H3;7-8H,4-6H2,1-3H3;4-6H,2-3H2,1H3;1H4/t16-,17?;8-;;/m00../s1. The van der Waals surface area contributed by atoms with Crippen LogP contribution in [0.5, 0.6) is 0 Å². The Morgan fingerprint density at radius 3 is 1.88 bits per heavy atom. The van der Waals surface area contributed by atoms with Crippen LogP contribution in [0.25, 0.3) is 0 Å². The lowest BCUT2D eigenvalue weighted by molar-refractivity contribution is -0.111. The molecular weight excluding hydrogens is 710 g/mol. The first-order valence-electron chi connectivity index (χ1n) is 17.3. The van der Waals surface area contributed by atoms with E-state index in [0.29, 0.717) is 31.5 Å². The number of aryl methyl sites for hydroxylation is 2. The molecule has 0 spiro atoms. The maximum atomic E-state index is 13.5. The lowest BCUT2D eigenvalue weighted by Gasteiger charge is -2.31. The van der Waals surface area contributed by atoms with Crippen molar-refractivity contribution in [3.05, 3.63) is 69.2 Å². The number of ether oxygens (including phenoxy) is 2. The van der Waals surface area contributed by atoms with E-state index in [0.717, 1.165) is 60.4 Å². The second-order valence-corrected chi connectivity index (χ2v) is 15.3. The van der Waals surface area contributed by atoms with Crippen LogP contribution >= 0.6 is 15.9 Å². The summed E-state index contributed by atoms with van der Waals surface area (Å²) in [5, 5.41) is 10.9. The van der Waals surface area contributed by atoms with E-state index in [1.807, 2.05) is 48.5 Å². The third kappa shape index (κ3) is 14.7. The largest absolute Gasteiger partial charge is 0.444 e. The summed E-state index contributed by atoms with van der Waals surface area (Å²) in [6.45, 7) is 16.2. The van der Waals surface area contributed by atoms with Crippen LogP contribution in [0.2, 0.25) is 0 Å². The molecule has 2 aliphatic rings. The zero-order chi connectivity index (χ0) is 36.9. The molecule has 0 aliphatic carbocycles. The zero-order valence-corrected chi connectivity index (χ0v) is 31.9. The molecule has 11 heteroatoms. The van der Waals surface area contributed by atoms with Crippen molar-refractivity contribution in [2.75, 3.05) is 13.1 Å². The number of aliphatic hydroxyl groups excluding tert-OH is 1. The van der Waals surface area contributed by atoms with Crippen molar-refractivity contribution in [3.63, 3.8) is 0 Å². The average molecular weight is 770 g/mol. The summed E-state index contributed by atoms with van der Waals surface area (Å²) in [6, 6.07) is 8.65. The number of likely N-dealkylation sites (tertiary alicyclic amines) is 2. The Morgan fingerprint density at radius 1 is 0.860 bits per heavy atom. The maximum absolute atomic E-state index is 13.5. The summed E-state index contributed by atoms with van der Waals surface area (Å²) in [7, 11) is 0. The molecule has 2 saturated heterocycles. The molecule has 0 bridgehead atoms. The van der Waals surface area contributed by atoms with Gasteiger partial charge in [-0.25, -0.2) is 18.4 Å². The van der Waals surface area contributed by atoms with Crippen molar-refractivity contribution in [3.8, 4) is 0 Å². The van der Waals surface area contributed by atoms with Crippen molar-refractivity contribution in [1.82, 2.24) is 9.80 Å². The van der Waals surface area contributed by atoms with Crippen LogP contribution < -0.4 is 0 Å². The molecule has 50 heavy (non-hydrogen) atoms. The molecule has 2 heterocycles. The molecule has 1 N–H and O–H groups in total. The number of aliphatic hydroxyl groups is 1. The van der Waals surface area contributed by atoms with Crippen molar-refractivity contribution in [2.24, 2.45) is 0 Å². The molecule has 2 aliphatic heterocycles. The number of halogens is 3. The fourth-order valence-corrected chi connectivity index (χ4v) is 6.15. The Bertz CT molecular complexity index is 1380. The normalized spacial score (nSPS) is 17.8. The molecule has 2 aromatic carbocycles. The third-order valence-electron chi connectivity index (χ3n) is 7.85. The lowest BCUT2D eigenvalue weighted by atomic mass is 9.93. The molecule has 2 fully saturated rings. The van der Waals surface area contributed by atoms with E-state index < -0.39 is 23.4 Å². The van der Waals surface area contributed by atoms with Gasteiger partial charge in [-0.1, -0.05) is 56.1 Å². The van der Waals surface area contributed by atoms with Crippen molar-refractivity contribution in [2.45, 2.75) is 144 Å². The Kier molecular flexibility index (Phi) is 18.6. The zero-order valence-electron chi connectivity index (χ0n) is 30.4. The van der Waals surface area contributed by atoms with Gasteiger partial charge in [-0.2, -0.15) is 0 Å². The Hall–Kier alpha value is -3.05. The average Bonchev–Trinajstić information content (AvgIpc) is 3.69. The van der Waals surface area contributed by atoms with Crippen LogP contribution in [0.15, 0.2) is 40.9 Å². The molecular formula is C39H59BrF2N2O6. The van der Waals surface area contributed by atoms with Crippen LogP contribution in [0, 0.1) is 11.6 Å². The Morgan fingerprint density at radius 2 is 1.34 bits per heavy atom. The maximum Gasteiger partial charge on any atom is 0.410 e. The fourth-order valence-electron chi connectivity index (χ4n) is 5.71. The quantitative estimate of drug-likeness (QED) is 0.282. The van der Waals surface area contributed by atoms with Crippen molar-refractivity contribution < 1.29 is 37.7 Å². The summed E-state index contributed by atoms with van der Waals surface area (Å²) in [4.78, 5) is 37.7. The van der Waals surface area contributed by atoms with Gasteiger partial charge in [0.1, 0.15) is 29.1 Å². The van der Waals surface area contributed by atoms with Gasteiger partial charge in [0.05, 0.1) is 18.2 Å². The van der Waals surface area contributed by atoms with E-state index in [9.17, 15) is 28.3 Å². The van der Waals surface area contributed by atoms with Gasteiger partial charge in [0.2, 0.25) is 0 Å². The van der Waals surface area contributed by atoms with Gasteiger partial charge in [-0.15, -0.1) is 0 Å². The number of nitrogens with zero attached hydrogens (tertiary/aromatic N) is 2. The monoisotopic (exact) mass is 768 g/mol. The van der Waals surface area contributed by atoms with Crippen molar-refractivity contribution in [1.29, 1.82) is 0 Å². The molecule has 2 aromatic rings. The summed E-state index contributed by atoms with van der Waals surface area (Å²) in [5.74, 6) is -0.457. The molecule has 0 aromatic heterocycles. The molecule has 2 amide bonds. The van der Waals surface area contributed by atoms with Gasteiger partial charge in [0.25, 0.3) is 0 Å². The van der Waals surface area contributed by atoms with Crippen LogP contribution in [0.3, 0.4) is 0 Å². The number of hydrogen-bond donors (Lipinski definition) is 1. The topological polar surface area (TPSA) is 96.4 Å². The van der Waals surface area contributed by atoms with Gasteiger partial charge < -0.3 is 24.3 Å². The smallest absolute Gasteiger partial charge is 0.410 e. The molecule has 0 radical (unpaired) electrons. The second-order valence-electron chi connectivity index (χ2n) is 14.4. The summed E-state index contributed by atoms with van der Waals surface area (Å²) in [6.07, 6.45) is 5.90. The summed E-state index contributed by atoms with van der Waals surface area (Å²) >= 11 is 3.36. The molecule has 3 atom stereocenters. The lowest BCUT2D eigenvalue weighted by Crippen LogP contribution is -2.42. The predicted octanol–water partition coefficient (Wildman–Crippen LogP) is 9.97. The van der Waals surface area contributed by atoms with Gasteiger partial charge in [0.15, 0.2) is 0 Å². The second kappa shape index (κ2) is 20.7. The van der Waals surface area contributed by atoms with Gasteiger partial charge >= 0.3 is 12.2 Å².